The van der Waals surface area contributed by atoms with Gasteiger partial charge in [0.05, 0.1) is 11.2 Å². The van der Waals surface area contributed by atoms with E-state index in [2.05, 4.69) is 36.1 Å². The van der Waals surface area contributed by atoms with Crippen LogP contribution in [0.2, 0.25) is 0 Å². The van der Waals surface area contributed by atoms with Gasteiger partial charge in [-0.25, -0.2) is 14.4 Å². The van der Waals surface area contributed by atoms with E-state index in [1.807, 2.05) is 0 Å². The smallest absolute Gasteiger partial charge is 0.269 e. The van der Waals surface area contributed by atoms with Crippen LogP contribution in [0.15, 0.2) is 36.7 Å². The Hall–Kier alpha value is -2.12. The van der Waals surface area contributed by atoms with Gasteiger partial charge in [0.15, 0.2) is 5.13 Å². The molecule has 130 valence electrons. The molecule has 1 N–H and O–H groups in total. The third-order valence-corrected chi connectivity index (χ3v) is 5.77. The van der Waals surface area contributed by atoms with E-state index in [4.69, 9.17) is 0 Å². The number of rotatable bonds is 4. The maximum absolute atomic E-state index is 12.9. The molecule has 0 radical (unpaired) electrons. The third-order valence-electron chi connectivity index (χ3n) is 3.44. The van der Waals surface area contributed by atoms with Crippen molar-refractivity contribution < 1.29 is 9.18 Å². The number of benzene rings is 1. The van der Waals surface area contributed by atoms with Gasteiger partial charge in [0.1, 0.15) is 10.7 Å². The normalized spacial score (nSPS) is 11.5. The molecule has 1 amide bonds. The second-order valence-electron chi connectivity index (χ2n) is 6.67. The van der Waals surface area contributed by atoms with Crippen LogP contribution >= 0.6 is 22.7 Å². The molecule has 7 heteroatoms. The van der Waals surface area contributed by atoms with Crippen LogP contribution in [0.5, 0.6) is 0 Å². The van der Waals surface area contributed by atoms with Crippen LogP contribution in [0.1, 0.15) is 45.9 Å². The first-order valence-corrected chi connectivity index (χ1v) is 9.41. The van der Waals surface area contributed by atoms with E-state index in [1.165, 1.54) is 34.8 Å². The lowest BCUT2D eigenvalue weighted by molar-refractivity contribution is 0.103. The molecule has 0 aliphatic heterocycles. The molecule has 3 aromatic rings. The largest absolute Gasteiger partial charge is 0.297 e. The van der Waals surface area contributed by atoms with Gasteiger partial charge >= 0.3 is 0 Å². The lowest BCUT2D eigenvalue weighted by Crippen LogP contribution is -2.10. The number of carbonyl (C=O) groups is 1. The molecule has 0 aliphatic rings. The van der Waals surface area contributed by atoms with Crippen LogP contribution in [-0.2, 0) is 11.8 Å². The van der Waals surface area contributed by atoms with Crippen molar-refractivity contribution in [2.45, 2.75) is 32.6 Å². The minimum absolute atomic E-state index is 0.0767. The van der Waals surface area contributed by atoms with Gasteiger partial charge in [0, 0.05) is 22.9 Å². The van der Waals surface area contributed by atoms with E-state index < -0.39 is 0 Å². The van der Waals surface area contributed by atoms with E-state index in [9.17, 15) is 9.18 Å². The number of aromatic nitrogens is 2. The number of nitrogens with one attached hydrogen (secondary N) is 1. The Morgan fingerprint density at radius 2 is 1.84 bits per heavy atom. The highest BCUT2D eigenvalue weighted by molar-refractivity contribution is 7.16. The first-order valence-electron chi connectivity index (χ1n) is 7.78. The Kier molecular flexibility index (Phi) is 4.96. The molecule has 2 heterocycles. The van der Waals surface area contributed by atoms with Crippen LogP contribution in [0.25, 0.3) is 0 Å². The Bertz CT molecular complexity index is 878. The van der Waals surface area contributed by atoms with E-state index in [0.29, 0.717) is 16.4 Å². The van der Waals surface area contributed by atoms with E-state index >= 15 is 0 Å². The number of carbonyl (C=O) groups excluding carboxylic acids is 1. The monoisotopic (exact) mass is 375 g/mol. The molecule has 0 bridgehead atoms. The molecule has 4 nitrogen and oxygen atoms in total. The van der Waals surface area contributed by atoms with E-state index in [-0.39, 0.29) is 17.1 Å². The second-order valence-corrected chi connectivity index (χ2v) is 8.81. The average molecular weight is 375 g/mol. The number of nitrogens with zero attached hydrogens (tertiary/aromatic N) is 2. The van der Waals surface area contributed by atoms with Crippen LogP contribution in [0.3, 0.4) is 0 Å². The number of halogens is 1. The molecule has 0 saturated carbocycles. The summed E-state index contributed by atoms with van der Waals surface area (Å²) in [6.07, 6.45) is 3.99. The Balaban J connectivity index is 1.65. The summed E-state index contributed by atoms with van der Waals surface area (Å²) in [7, 11) is 0. The van der Waals surface area contributed by atoms with Gasteiger partial charge in [0.2, 0.25) is 0 Å². The first kappa shape index (κ1) is 17.7. The lowest BCUT2D eigenvalue weighted by Gasteiger charge is -2.13. The lowest BCUT2D eigenvalue weighted by atomic mass is 9.98. The number of anilines is 1. The van der Waals surface area contributed by atoms with Crippen LogP contribution in [-0.4, -0.2) is 15.9 Å². The fourth-order valence-corrected chi connectivity index (χ4v) is 3.85. The second kappa shape index (κ2) is 7.01. The summed E-state index contributed by atoms with van der Waals surface area (Å²) in [4.78, 5) is 22.5. The van der Waals surface area contributed by atoms with Crippen molar-refractivity contribution in [2.24, 2.45) is 0 Å². The summed E-state index contributed by atoms with van der Waals surface area (Å²) in [6, 6.07) is 6.38. The average Bonchev–Trinajstić information content (AvgIpc) is 3.19. The van der Waals surface area contributed by atoms with Crippen molar-refractivity contribution in [2.75, 3.05) is 5.32 Å². The molecule has 1 aromatic carbocycles. The summed E-state index contributed by atoms with van der Waals surface area (Å²) in [6.45, 7) is 6.20. The van der Waals surface area contributed by atoms with Crippen molar-refractivity contribution in [3.63, 3.8) is 0 Å². The van der Waals surface area contributed by atoms with Crippen molar-refractivity contribution in [1.82, 2.24) is 9.97 Å². The molecular formula is C18H18FN3OS2. The van der Waals surface area contributed by atoms with Crippen molar-refractivity contribution in [3.8, 4) is 0 Å². The predicted molar refractivity (Wildman–Crippen MR) is 100 cm³/mol. The van der Waals surface area contributed by atoms with E-state index in [1.54, 1.807) is 24.5 Å². The van der Waals surface area contributed by atoms with Crippen molar-refractivity contribution >= 4 is 33.7 Å². The molecule has 0 atom stereocenters. The summed E-state index contributed by atoms with van der Waals surface area (Å²) in [5, 5.41) is 4.29. The molecule has 0 unspecified atom stereocenters. The first-order chi connectivity index (χ1) is 11.8. The zero-order chi connectivity index (χ0) is 18.0. The van der Waals surface area contributed by atoms with Crippen LogP contribution in [0, 0.1) is 5.82 Å². The van der Waals surface area contributed by atoms with Crippen LogP contribution < -0.4 is 5.32 Å². The maximum Gasteiger partial charge on any atom is 0.269 e. The van der Waals surface area contributed by atoms with Crippen molar-refractivity contribution in [3.05, 3.63) is 62.8 Å². The Morgan fingerprint density at radius 1 is 1.12 bits per heavy atom. The molecule has 0 saturated heterocycles. The van der Waals surface area contributed by atoms with Gasteiger partial charge < -0.3 is 0 Å². The minimum atomic E-state index is -0.250. The standard InChI is InChI=1S/C18H18FN3OS2/c1-18(2,3)16-20-10-14(25-16)15(23)22-17-21-9-13(24-17)8-11-4-6-12(19)7-5-11/h4-7,9-10H,8H2,1-3H3,(H,21,22,23). The number of hydrogen-bond acceptors (Lipinski definition) is 5. The molecule has 3 rings (SSSR count). The Morgan fingerprint density at radius 3 is 2.48 bits per heavy atom. The maximum atomic E-state index is 12.9. The van der Waals surface area contributed by atoms with Gasteiger partial charge in [-0.3, -0.25) is 10.1 Å². The fourth-order valence-electron chi connectivity index (χ4n) is 2.14. The zero-order valence-electron chi connectivity index (χ0n) is 14.2. The Labute approximate surface area is 153 Å². The zero-order valence-corrected chi connectivity index (χ0v) is 15.8. The van der Waals surface area contributed by atoms with Crippen molar-refractivity contribution in [1.29, 1.82) is 0 Å². The number of amides is 1. The van der Waals surface area contributed by atoms with Gasteiger partial charge in [-0.05, 0) is 17.7 Å². The highest BCUT2D eigenvalue weighted by Gasteiger charge is 2.20. The highest BCUT2D eigenvalue weighted by atomic mass is 32.1. The summed E-state index contributed by atoms with van der Waals surface area (Å²) in [5.74, 6) is -0.448. The molecule has 0 fully saturated rings. The number of thiazole rings is 2. The molecular weight excluding hydrogens is 357 g/mol. The quantitative estimate of drug-likeness (QED) is 0.707. The minimum Gasteiger partial charge on any atom is -0.297 e. The number of hydrogen-bond donors (Lipinski definition) is 1. The van der Waals surface area contributed by atoms with E-state index in [0.717, 1.165) is 15.4 Å². The molecule has 0 aliphatic carbocycles. The summed E-state index contributed by atoms with van der Waals surface area (Å²) < 4.78 is 12.9. The summed E-state index contributed by atoms with van der Waals surface area (Å²) in [5.41, 5.74) is 0.924. The van der Waals surface area contributed by atoms with Gasteiger partial charge in [-0.1, -0.05) is 32.9 Å². The molecule has 0 spiro atoms. The summed E-state index contributed by atoms with van der Waals surface area (Å²) >= 11 is 2.81. The topological polar surface area (TPSA) is 54.9 Å². The highest BCUT2D eigenvalue weighted by Crippen LogP contribution is 2.28. The third kappa shape index (κ3) is 4.49. The predicted octanol–water partition coefficient (Wildman–Crippen LogP) is 4.88. The molecule has 25 heavy (non-hydrogen) atoms. The van der Waals surface area contributed by atoms with Gasteiger partial charge in [-0.2, -0.15) is 0 Å². The fraction of sp³-hybridized carbons (Fsp3) is 0.278. The van der Waals surface area contributed by atoms with Crippen LogP contribution in [0.4, 0.5) is 9.52 Å². The van der Waals surface area contributed by atoms with Gasteiger partial charge in [0.25, 0.3) is 5.91 Å². The molecule has 2 aromatic heterocycles. The van der Waals surface area contributed by atoms with Gasteiger partial charge in [-0.15, -0.1) is 22.7 Å². The SMILES string of the molecule is CC(C)(C)c1ncc(C(=O)Nc2ncc(Cc3ccc(F)cc3)s2)s1.